The van der Waals surface area contributed by atoms with Crippen molar-refractivity contribution in [2.24, 2.45) is 0 Å². The molecule has 0 saturated carbocycles. The Morgan fingerprint density at radius 3 is 1.17 bits per heavy atom. The van der Waals surface area contributed by atoms with E-state index in [0.29, 0.717) is 0 Å². The van der Waals surface area contributed by atoms with E-state index >= 15 is 0 Å². The number of anilines is 2. The van der Waals surface area contributed by atoms with E-state index in [-0.39, 0.29) is 45.9 Å². The van der Waals surface area contributed by atoms with Crippen molar-refractivity contribution in [1.29, 1.82) is 0 Å². The Morgan fingerprint density at radius 2 is 0.897 bits per heavy atom. The van der Waals surface area contributed by atoms with E-state index in [0.717, 1.165) is 26.2 Å². The summed E-state index contributed by atoms with van der Waals surface area (Å²) in [7, 11) is 2.19. The normalized spacial score (nSPS) is 9.93. The number of rotatable bonds is 8. The third kappa shape index (κ3) is 9.30. The van der Waals surface area contributed by atoms with Gasteiger partial charge in [-0.25, -0.2) is 0 Å². The zero-order valence-corrected chi connectivity index (χ0v) is 22.4. The molecule has 0 aliphatic carbocycles. The van der Waals surface area contributed by atoms with Crippen LogP contribution in [0.25, 0.3) is 0 Å². The van der Waals surface area contributed by atoms with Crippen molar-refractivity contribution in [2.75, 3.05) is 43.9 Å². The third-order valence-corrected chi connectivity index (χ3v) is 4.94. The predicted octanol–water partition coefficient (Wildman–Crippen LogP) is -1.00. The summed E-state index contributed by atoms with van der Waals surface area (Å²) in [6.07, 6.45) is 0. The average molecular weight is 620 g/mol. The smallest absolute Gasteiger partial charge is 1.00 e. The zero-order chi connectivity index (χ0) is 19.3. The van der Waals surface area contributed by atoms with Gasteiger partial charge in [0.1, 0.15) is 0 Å². The molecule has 2 aromatic carbocycles. The number of hydrogen-bond donors (Lipinski definition) is 2. The van der Waals surface area contributed by atoms with E-state index in [9.17, 15) is 0 Å². The molecule has 0 atom stereocenters. The standard InChI is InChI=1S/C23H35N3.2ClH.Pt/c1-16-12-18(3)22(19(4)13-16)24-8-10-26(7)11-9-25-23-20(5)14-17(2)15-21(23)6;;;/h12-15,24-25H,8-11H2,1-7H3;2*1H;/q;;;+2/p-2. The van der Waals surface area contributed by atoms with Gasteiger partial charge in [0, 0.05) is 37.6 Å². The summed E-state index contributed by atoms with van der Waals surface area (Å²) < 4.78 is 0. The van der Waals surface area contributed by atoms with Crippen LogP contribution in [-0.2, 0) is 21.1 Å². The minimum Gasteiger partial charge on any atom is -1.00 e. The molecule has 6 heteroatoms. The first-order valence-corrected chi connectivity index (χ1v) is 9.60. The Kier molecular flexibility index (Phi) is 15.0. The van der Waals surface area contributed by atoms with Crippen LogP contribution in [0.3, 0.4) is 0 Å². The summed E-state index contributed by atoms with van der Waals surface area (Å²) in [4.78, 5) is 2.37. The van der Waals surface area contributed by atoms with Gasteiger partial charge >= 0.3 is 21.1 Å². The van der Waals surface area contributed by atoms with Crippen molar-refractivity contribution >= 4 is 11.4 Å². The molecule has 2 aromatic rings. The van der Waals surface area contributed by atoms with Crippen LogP contribution in [0, 0.1) is 41.5 Å². The third-order valence-electron chi connectivity index (χ3n) is 4.94. The van der Waals surface area contributed by atoms with Crippen LogP contribution in [0.1, 0.15) is 33.4 Å². The van der Waals surface area contributed by atoms with Gasteiger partial charge in [-0.05, 0) is 70.8 Å². The maximum absolute atomic E-state index is 3.61. The first-order valence-electron chi connectivity index (χ1n) is 9.60. The van der Waals surface area contributed by atoms with Crippen molar-refractivity contribution in [1.82, 2.24) is 4.90 Å². The minimum atomic E-state index is 0. The van der Waals surface area contributed by atoms with Gasteiger partial charge in [-0.15, -0.1) is 0 Å². The van der Waals surface area contributed by atoms with Crippen molar-refractivity contribution in [3.8, 4) is 0 Å². The molecule has 0 fully saturated rings. The number of benzene rings is 2. The Bertz CT molecular complexity index is 656. The fourth-order valence-electron chi connectivity index (χ4n) is 3.77. The van der Waals surface area contributed by atoms with E-state index in [1.807, 2.05) is 0 Å². The number of aryl methyl sites for hydroxylation is 6. The molecule has 0 heterocycles. The quantitative estimate of drug-likeness (QED) is 0.398. The molecular formula is C23H35Cl2N3Pt. The van der Waals surface area contributed by atoms with Crippen molar-refractivity contribution in [2.45, 2.75) is 41.5 Å². The molecule has 29 heavy (non-hydrogen) atoms. The summed E-state index contributed by atoms with van der Waals surface area (Å²) in [5, 5.41) is 7.22. The van der Waals surface area contributed by atoms with Crippen LogP contribution in [0.4, 0.5) is 11.4 Å². The summed E-state index contributed by atoms with van der Waals surface area (Å²) in [5.74, 6) is 0. The second kappa shape index (κ2) is 14.3. The van der Waals surface area contributed by atoms with Gasteiger partial charge in [0.05, 0.1) is 0 Å². The van der Waals surface area contributed by atoms with E-state index in [2.05, 4.69) is 88.4 Å². The van der Waals surface area contributed by atoms with E-state index in [1.54, 1.807) is 0 Å². The zero-order valence-electron chi connectivity index (χ0n) is 18.7. The van der Waals surface area contributed by atoms with Crippen LogP contribution < -0.4 is 35.4 Å². The van der Waals surface area contributed by atoms with Crippen LogP contribution in [0.15, 0.2) is 24.3 Å². The number of nitrogens with zero attached hydrogens (tertiary/aromatic N) is 1. The van der Waals surface area contributed by atoms with Crippen molar-refractivity contribution in [3.05, 3.63) is 57.6 Å². The Hall–Kier alpha value is -0.732. The SMILES string of the molecule is Cc1cc(C)c(NCCN(C)CCNc2c(C)cc(C)cc2C)c(C)c1.[Cl-].[Cl-].[Pt+2]. The van der Waals surface area contributed by atoms with Crippen LogP contribution >= 0.6 is 0 Å². The van der Waals surface area contributed by atoms with Gasteiger partial charge in [0.15, 0.2) is 0 Å². The second-order valence-electron chi connectivity index (χ2n) is 7.70. The molecule has 0 aromatic heterocycles. The van der Waals surface area contributed by atoms with E-state index < -0.39 is 0 Å². The topological polar surface area (TPSA) is 27.3 Å². The fourth-order valence-corrected chi connectivity index (χ4v) is 3.77. The van der Waals surface area contributed by atoms with Gasteiger partial charge in [-0.3, -0.25) is 0 Å². The molecule has 0 radical (unpaired) electrons. The molecular weight excluding hydrogens is 584 g/mol. The first kappa shape index (κ1) is 30.5. The first-order chi connectivity index (χ1) is 12.3. The predicted molar refractivity (Wildman–Crippen MR) is 116 cm³/mol. The molecule has 0 bridgehead atoms. The molecule has 0 unspecified atom stereocenters. The van der Waals surface area contributed by atoms with Crippen LogP contribution in [0.5, 0.6) is 0 Å². The second-order valence-corrected chi connectivity index (χ2v) is 7.70. The molecule has 0 spiro atoms. The largest absolute Gasteiger partial charge is 2.00 e. The maximum Gasteiger partial charge on any atom is 2.00 e. The number of halogens is 2. The maximum atomic E-state index is 3.61. The Labute approximate surface area is 204 Å². The monoisotopic (exact) mass is 618 g/mol. The molecule has 2 N–H and O–H groups in total. The molecule has 3 nitrogen and oxygen atoms in total. The number of nitrogens with one attached hydrogen (secondary N) is 2. The fraction of sp³-hybridized carbons (Fsp3) is 0.478. The summed E-state index contributed by atoms with van der Waals surface area (Å²) in [5.41, 5.74) is 10.6. The Morgan fingerprint density at radius 1 is 0.621 bits per heavy atom. The van der Waals surface area contributed by atoms with Crippen molar-refractivity contribution < 1.29 is 45.9 Å². The average Bonchev–Trinajstić information content (AvgIpc) is 2.52. The summed E-state index contributed by atoms with van der Waals surface area (Å²) in [6.45, 7) is 17.0. The summed E-state index contributed by atoms with van der Waals surface area (Å²) >= 11 is 0. The molecule has 0 aliphatic heterocycles. The van der Waals surface area contributed by atoms with Gasteiger partial charge < -0.3 is 40.3 Å². The molecule has 0 aliphatic rings. The number of hydrogen-bond acceptors (Lipinski definition) is 3. The molecule has 166 valence electrons. The molecule has 0 saturated heterocycles. The van der Waals surface area contributed by atoms with Crippen molar-refractivity contribution in [3.63, 3.8) is 0 Å². The van der Waals surface area contributed by atoms with Gasteiger partial charge in [-0.1, -0.05) is 35.4 Å². The van der Waals surface area contributed by atoms with Gasteiger partial charge in [0.25, 0.3) is 0 Å². The Balaban J connectivity index is 0. The van der Waals surface area contributed by atoms with Gasteiger partial charge in [-0.2, -0.15) is 0 Å². The van der Waals surface area contributed by atoms with Crippen LogP contribution in [-0.4, -0.2) is 38.1 Å². The molecule has 2 rings (SSSR count). The minimum absolute atomic E-state index is 0. The summed E-state index contributed by atoms with van der Waals surface area (Å²) in [6, 6.07) is 8.98. The van der Waals surface area contributed by atoms with E-state index in [4.69, 9.17) is 0 Å². The number of likely N-dealkylation sites (N-methyl/N-ethyl adjacent to an activating group) is 1. The molecule has 0 amide bonds. The van der Waals surface area contributed by atoms with Gasteiger partial charge in [0.2, 0.25) is 0 Å². The van der Waals surface area contributed by atoms with Crippen LogP contribution in [0.2, 0.25) is 0 Å². The van der Waals surface area contributed by atoms with E-state index in [1.165, 1.54) is 44.8 Å².